The van der Waals surface area contributed by atoms with Crippen LogP contribution in [0.25, 0.3) is 11.5 Å². The van der Waals surface area contributed by atoms with Crippen LogP contribution in [0.2, 0.25) is 0 Å². The second-order valence-electron chi connectivity index (χ2n) is 7.88. The molecule has 9 nitrogen and oxygen atoms in total. The first-order valence-corrected chi connectivity index (χ1v) is 10.3. The van der Waals surface area contributed by atoms with Crippen molar-refractivity contribution in [2.24, 2.45) is 0 Å². The van der Waals surface area contributed by atoms with Gasteiger partial charge >= 0.3 is 12.3 Å². The topological polar surface area (TPSA) is 102 Å². The van der Waals surface area contributed by atoms with Crippen LogP contribution in [-0.2, 0) is 4.74 Å². The van der Waals surface area contributed by atoms with Crippen LogP contribution >= 0.6 is 0 Å². The van der Waals surface area contributed by atoms with Crippen LogP contribution in [0.1, 0.15) is 43.1 Å². The first-order valence-electron chi connectivity index (χ1n) is 10.3. The average Bonchev–Trinajstić information content (AvgIpc) is 3.45. The zero-order chi connectivity index (χ0) is 22.9. The molecule has 12 heteroatoms. The first kappa shape index (κ1) is 22.0. The van der Waals surface area contributed by atoms with Gasteiger partial charge in [-0.15, -0.1) is 0 Å². The molecule has 0 radical (unpaired) electrons. The van der Waals surface area contributed by atoms with E-state index in [0.717, 1.165) is 19.8 Å². The maximum absolute atomic E-state index is 13.2. The summed E-state index contributed by atoms with van der Waals surface area (Å²) in [5, 5.41) is 0. The molecule has 0 spiro atoms. The van der Waals surface area contributed by atoms with Crippen molar-refractivity contribution in [1.82, 2.24) is 24.8 Å². The zero-order valence-corrected chi connectivity index (χ0v) is 17.3. The van der Waals surface area contributed by atoms with Gasteiger partial charge in [-0.1, -0.05) is 0 Å². The highest BCUT2D eigenvalue weighted by molar-refractivity contribution is 5.92. The fraction of sp³-hybridized carbons (Fsp3) is 0.550. The van der Waals surface area contributed by atoms with Gasteiger partial charge in [0.05, 0.1) is 18.6 Å². The maximum atomic E-state index is 13.2. The Hall–Kier alpha value is -3.18. The standard InChI is InChI=1S/C20H22F3N5O4/c1-12(20(21,22)23)32-19(30)27-6-4-14(5-7-27)28(13-2-3-13)18(29)16-9-25-15(8-26-16)17-10-24-11-31-17/h8-14H,2-7H2,1H3. The molecule has 2 amide bonds. The number of ether oxygens (including phenoxy) is 1. The van der Waals surface area contributed by atoms with Crippen LogP contribution < -0.4 is 0 Å². The molecule has 2 fully saturated rings. The number of amides is 2. The number of likely N-dealkylation sites (tertiary alicyclic amines) is 1. The SMILES string of the molecule is CC(OC(=O)N1CCC(N(C(=O)c2cnc(-c3cnco3)cn2)C2CC2)CC1)C(F)(F)F. The van der Waals surface area contributed by atoms with Gasteiger partial charge in [0.1, 0.15) is 11.4 Å². The Morgan fingerprint density at radius 2 is 1.81 bits per heavy atom. The highest BCUT2D eigenvalue weighted by Crippen LogP contribution is 2.33. The molecule has 1 saturated carbocycles. The number of aromatic nitrogens is 3. The summed E-state index contributed by atoms with van der Waals surface area (Å²) >= 11 is 0. The molecule has 0 aromatic carbocycles. The van der Waals surface area contributed by atoms with E-state index in [9.17, 15) is 22.8 Å². The molecule has 1 aliphatic carbocycles. The number of piperidine rings is 1. The lowest BCUT2D eigenvalue weighted by Gasteiger charge is -2.38. The van der Waals surface area contributed by atoms with Crippen molar-refractivity contribution >= 4 is 12.0 Å². The number of rotatable bonds is 5. The smallest absolute Gasteiger partial charge is 0.425 e. The Morgan fingerprint density at radius 1 is 1.12 bits per heavy atom. The summed E-state index contributed by atoms with van der Waals surface area (Å²) in [5.74, 6) is 0.186. The third kappa shape index (κ3) is 4.83. The van der Waals surface area contributed by atoms with Crippen molar-refractivity contribution in [1.29, 1.82) is 0 Å². The molecule has 3 heterocycles. The fourth-order valence-electron chi connectivity index (χ4n) is 3.64. The van der Waals surface area contributed by atoms with Gasteiger partial charge in [0.15, 0.2) is 18.3 Å². The van der Waals surface area contributed by atoms with Gasteiger partial charge in [-0.3, -0.25) is 4.79 Å². The van der Waals surface area contributed by atoms with Gasteiger partial charge in [-0.05, 0) is 32.6 Å². The average molecular weight is 453 g/mol. The lowest BCUT2D eigenvalue weighted by atomic mass is 10.0. The van der Waals surface area contributed by atoms with Crippen LogP contribution in [0.15, 0.2) is 29.4 Å². The quantitative estimate of drug-likeness (QED) is 0.685. The summed E-state index contributed by atoms with van der Waals surface area (Å²) in [6, 6.07) is -0.0538. The van der Waals surface area contributed by atoms with Crippen LogP contribution in [0.5, 0.6) is 0 Å². The monoisotopic (exact) mass is 453 g/mol. The predicted octanol–water partition coefficient (Wildman–Crippen LogP) is 3.29. The van der Waals surface area contributed by atoms with E-state index in [4.69, 9.17) is 4.42 Å². The third-order valence-electron chi connectivity index (χ3n) is 5.59. The van der Waals surface area contributed by atoms with Crippen LogP contribution in [0, 0.1) is 0 Å². The van der Waals surface area contributed by atoms with E-state index in [1.165, 1.54) is 29.9 Å². The summed E-state index contributed by atoms with van der Waals surface area (Å²) in [7, 11) is 0. The number of hydrogen-bond acceptors (Lipinski definition) is 7. The molecule has 32 heavy (non-hydrogen) atoms. The van der Waals surface area contributed by atoms with Crippen LogP contribution in [-0.4, -0.2) is 74.2 Å². The number of hydrogen-bond donors (Lipinski definition) is 0. The summed E-state index contributed by atoms with van der Waals surface area (Å²) in [6.07, 6.45) is 0.478. The van der Waals surface area contributed by atoms with Gasteiger partial charge in [0, 0.05) is 25.2 Å². The maximum Gasteiger partial charge on any atom is 0.425 e. The van der Waals surface area contributed by atoms with E-state index >= 15 is 0 Å². The molecule has 1 aliphatic heterocycles. The van der Waals surface area contributed by atoms with Crippen molar-refractivity contribution in [3.8, 4) is 11.5 Å². The van der Waals surface area contributed by atoms with Crippen molar-refractivity contribution in [2.75, 3.05) is 13.1 Å². The molecule has 0 N–H and O–H groups in total. The van der Waals surface area contributed by atoms with Crippen molar-refractivity contribution in [3.05, 3.63) is 30.7 Å². The Bertz CT molecular complexity index is 939. The summed E-state index contributed by atoms with van der Waals surface area (Å²) in [5.41, 5.74) is 0.651. The van der Waals surface area contributed by atoms with E-state index in [1.807, 2.05) is 0 Å². The Balaban J connectivity index is 1.38. The van der Waals surface area contributed by atoms with E-state index in [2.05, 4.69) is 19.7 Å². The summed E-state index contributed by atoms with van der Waals surface area (Å²) in [4.78, 5) is 40.5. The van der Waals surface area contributed by atoms with Crippen LogP contribution in [0.3, 0.4) is 0 Å². The molecule has 2 aliphatic rings. The van der Waals surface area contributed by atoms with Crippen molar-refractivity contribution in [3.63, 3.8) is 0 Å². The first-order chi connectivity index (χ1) is 15.2. The lowest BCUT2D eigenvalue weighted by Crippen LogP contribution is -2.50. The Labute approximate surface area is 181 Å². The normalized spacial score (nSPS) is 18.3. The Kier molecular flexibility index (Phi) is 6.02. The fourth-order valence-corrected chi connectivity index (χ4v) is 3.64. The summed E-state index contributed by atoms with van der Waals surface area (Å²) < 4.78 is 47.6. The molecular weight excluding hydrogens is 431 g/mol. The zero-order valence-electron chi connectivity index (χ0n) is 17.3. The number of nitrogens with zero attached hydrogens (tertiary/aromatic N) is 5. The number of carbonyl (C=O) groups excluding carboxylic acids is 2. The van der Waals surface area contributed by atoms with Crippen molar-refractivity contribution in [2.45, 2.75) is 57.0 Å². The summed E-state index contributed by atoms with van der Waals surface area (Å²) in [6.45, 7) is 1.22. The molecule has 2 aromatic heterocycles. The van der Waals surface area contributed by atoms with Gasteiger partial charge in [0.25, 0.3) is 5.91 Å². The number of oxazole rings is 1. The van der Waals surface area contributed by atoms with E-state index in [-0.39, 0.29) is 36.8 Å². The van der Waals surface area contributed by atoms with Gasteiger partial charge in [0.2, 0.25) is 0 Å². The molecule has 4 rings (SSSR count). The number of halogens is 3. The molecular formula is C20H22F3N5O4. The third-order valence-corrected chi connectivity index (χ3v) is 5.59. The molecule has 1 unspecified atom stereocenters. The van der Waals surface area contributed by atoms with Crippen molar-refractivity contribution < 1.29 is 31.9 Å². The van der Waals surface area contributed by atoms with Gasteiger partial charge < -0.3 is 19.0 Å². The molecule has 1 atom stereocenters. The largest absolute Gasteiger partial charge is 0.442 e. The minimum atomic E-state index is -4.60. The van der Waals surface area contributed by atoms with E-state index in [0.29, 0.717) is 24.3 Å². The van der Waals surface area contributed by atoms with E-state index < -0.39 is 18.4 Å². The second-order valence-corrected chi connectivity index (χ2v) is 7.88. The number of alkyl halides is 3. The molecule has 2 aromatic rings. The minimum absolute atomic E-state index is 0.0898. The van der Waals surface area contributed by atoms with Gasteiger partial charge in [-0.2, -0.15) is 13.2 Å². The highest BCUT2D eigenvalue weighted by Gasteiger charge is 2.42. The predicted molar refractivity (Wildman–Crippen MR) is 103 cm³/mol. The lowest BCUT2D eigenvalue weighted by molar-refractivity contribution is -0.199. The highest BCUT2D eigenvalue weighted by atomic mass is 19.4. The second kappa shape index (κ2) is 8.75. The van der Waals surface area contributed by atoms with E-state index in [1.54, 1.807) is 4.90 Å². The minimum Gasteiger partial charge on any atom is -0.442 e. The molecule has 1 saturated heterocycles. The Morgan fingerprint density at radius 3 is 2.34 bits per heavy atom. The number of carbonyl (C=O) groups is 2. The van der Waals surface area contributed by atoms with Gasteiger partial charge in [-0.25, -0.2) is 19.7 Å². The van der Waals surface area contributed by atoms with Crippen LogP contribution in [0.4, 0.5) is 18.0 Å². The molecule has 0 bridgehead atoms. The molecule has 172 valence electrons.